The lowest BCUT2D eigenvalue weighted by molar-refractivity contribution is -0.138. The highest BCUT2D eigenvalue weighted by molar-refractivity contribution is 6.89. The van der Waals surface area contributed by atoms with Gasteiger partial charge in [0.05, 0.1) is 13.2 Å². The monoisotopic (exact) mass is 506 g/mol. The Balaban J connectivity index is 4.64. The number of hydrogen-bond acceptors (Lipinski definition) is 7. The van der Waals surface area contributed by atoms with Crippen LogP contribution in [0.2, 0.25) is 64.5 Å². The zero-order chi connectivity index (χ0) is 24.3. The second-order valence-electron chi connectivity index (χ2n) is 9.58. The summed E-state index contributed by atoms with van der Waals surface area (Å²) in [6, 6.07) is 1.76. The summed E-state index contributed by atoms with van der Waals surface area (Å²) >= 11 is 0. The molecule has 0 aromatic rings. The normalized spacial score (nSPS) is 12.9. The Hall–Kier alpha value is -0.832. The van der Waals surface area contributed by atoms with Crippen molar-refractivity contribution in [3.63, 3.8) is 0 Å². The maximum absolute atomic E-state index is 11.2. The van der Waals surface area contributed by atoms with Crippen molar-refractivity contribution in [2.75, 3.05) is 13.2 Å². The highest BCUT2D eigenvalue weighted by Crippen LogP contribution is 2.27. The van der Waals surface area contributed by atoms with Crippen molar-refractivity contribution in [3.05, 3.63) is 25.3 Å². The molecular formula is C20H42O7Si4. The Morgan fingerprint density at radius 1 is 0.645 bits per heavy atom. The van der Waals surface area contributed by atoms with Crippen LogP contribution in [0.15, 0.2) is 25.3 Å². The fraction of sp³-hybridized carbons (Fsp3) is 0.700. The molecule has 7 nitrogen and oxygen atoms in total. The molecule has 0 aliphatic rings. The number of carbonyl (C=O) groups excluding carboxylic acids is 2. The Morgan fingerprint density at radius 2 is 0.968 bits per heavy atom. The maximum atomic E-state index is 11.2. The van der Waals surface area contributed by atoms with Crippen LogP contribution in [-0.2, 0) is 31.4 Å². The van der Waals surface area contributed by atoms with Crippen molar-refractivity contribution in [3.8, 4) is 0 Å². The summed E-state index contributed by atoms with van der Waals surface area (Å²) in [4.78, 5) is 22.3. The zero-order valence-corrected chi connectivity index (χ0v) is 24.7. The average Bonchev–Trinajstić information content (AvgIpc) is 2.58. The lowest BCUT2D eigenvalue weighted by Crippen LogP contribution is -2.56. The SMILES string of the molecule is C=CC(=O)OCCC[Si](C)(C)O[Si](C)(C)O[Si](C)(C)O[Si](C)(C)CCCOC(=O)C=C. The molecule has 0 aromatic carbocycles. The quantitative estimate of drug-likeness (QED) is 0.125. The van der Waals surface area contributed by atoms with Gasteiger partial charge in [-0.15, -0.1) is 0 Å². The van der Waals surface area contributed by atoms with Gasteiger partial charge in [0.25, 0.3) is 0 Å². The van der Waals surface area contributed by atoms with Crippen LogP contribution in [0.25, 0.3) is 0 Å². The van der Waals surface area contributed by atoms with Gasteiger partial charge in [0.2, 0.25) is 0 Å². The van der Waals surface area contributed by atoms with Crippen molar-refractivity contribution in [1.82, 2.24) is 0 Å². The number of ether oxygens (including phenoxy) is 2. The van der Waals surface area contributed by atoms with Gasteiger partial charge in [-0.2, -0.15) is 0 Å². The smallest absolute Gasteiger partial charge is 0.330 e. The predicted molar refractivity (Wildman–Crippen MR) is 134 cm³/mol. The molecule has 0 bridgehead atoms. The van der Waals surface area contributed by atoms with E-state index in [9.17, 15) is 9.59 Å². The minimum absolute atomic E-state index is 0.374. The summed E-state index contributed by atoms with van der Waals surface area (Å²) in [6.07, 6.45) is 3.87. The van der Waals surface area contributed by atoms with Crippen molar-refractivity contribution in [2.45, 2.75) is 77.3 Å². The van der Waals surface area contributed by atoms with Crippen LogP contribution >= 0.6 is 0 Å². The van der Waals surface area contributed by atoms with E-state index in [2.05, 4.69) is 65.5 Å². The molecular weight excluding hydrogens is 465 g/mol. The van der Waals surface area contributed by atoms with E-state index in [0.29, 0.717) is 13.2 Å². The topological polar surface area (TPSA) is 80.3 Å². The second-order valence-corrected chi connectivity index (χ2v) is 25.7. The van der Waals surface area contributed by atoms with Crippen molar-refractivity contribution in [2.24, 2.45) is 0 Å². The number of hydrogen-bond donors (Lipinski definition) is 0. The molecule has 0 N–H and O–H groups in total. The third-order valence-electron chi connectivity index (χ3n) is 4.20. The fourth-order valence-corrected chi connectivity index (χ4v) is 22.8. The first-order valence-electron chi connectivity index (χ1n) is 10.7. The zero-order valence-electron chi connectivity index (χ0n) is 20.7. The molecule has 0 aliphatic heterocycles. The first-order chi connectivity index (χ1) is 14.0. The summed E-state index contributed by atoms with van der Waals surface area (Å²) < 4.78 is 29.7. The van der Waals surface area contributed by atoms with E-state index in [4.69, 9.17) is 21.8 Å². The molecule has 0 unspecified atom stereocenters. The lowest BCUT2D eigenvalue weighted by Gasteiger charge is -2.41. The molecule has 0 aromatic heterocycles. The summed E-state index contributed by atoms with van der Waals surface area (Å²) in [5.41, 5.74) is 0. The molecule has 0 aliphatic carbocycles. The van der Waals surface area contributed by atoms with E-state index in [1.807, 2.05) is 0 Å². The van der Waals surface area contributed by atoms with Crippen LogP contribution < -0.4 is 0 Å². The van der Waals surface area contributed by atoms with Gasteiger partial charge in [-0.3, -0.25) is 0 Å². The van der Waals surface area contributed by atoms with Gasteiger partial charge in [0.1, 0.15) is 0 Å². The number of rotatable bonds is 16. The van der Waals surface area contributed by atoms with Crippen molar-refractivity contribution < 1.29 is 31.4 Å². The molecule has 11 heteroatoms. The fourth-order valence-electron chi connectivity index (χ4n) is 3.53. The van der Waals surface area contributed by atoms with Crippen LogP contribution in [0.4, 0.5) is 0 Å². The van der Waals surface area contributed by atoms with Gasteiger partial charge in [0, 0.05) is 12.2 Å². The Bertz CT molecular complexity index is 567. The van der Waals surface area contributed by atoms with Crippen molar-refractivity contribution in [1.29, 1.82) is 0 Å². The first-order valence-corrected chi connectivity index (χ1v) is 22.6. The minimum atomic E-state index is -2.40. The highest BCUT2D eigenvalue weighted by atomic mass is 28.5. The van der Waals surface area contributed by atoms with Gasteiger partial charge < -0.3 is 21.8 Å². The van der Waals surface area contributed by atoms with Gasteiger partial charge in [-0.05, 0) is 77.3 Å². The van der Waals surface area contributed by atoms with Crippen LogP contribution in [0.3, 0.4) is 0 Å². The molecule has 0 radical (unpaired) electrons. The molecule has 180 valence electrons. The highest BCUT2D eigenvalue weighted by Gasteiger charge is 2.43. The van der Waals surface area contributed by atoms with Gasteiger partial charge in [-0.1, -0.05) is 13.2 Å². The molecule has 0 amide bonds. The molecule has 0 saturated carbocycles. The van der Waals surface area contributed by atoms with Gasteiger partial charge >= 0.3 is 29.1 Å². The average molecular weight is 507 g/mol. The molecule has 0 fully saturated rings. The Labute approximate surface area is 192 Å². The van der Waals surface area contributed by atoms with Crippen LogP contribution in [0.1, 0.15) is 12.8 Å². The summed E-state index contributed by atoms with van der Waals surface area (Å²) in [6.45, 7) is 24.5. The predicted octanol–water partition coefficient (Wildman–Crippen LogP) is 5.09. The largest absolute Gasteiger partial charge is 0.463 e. The molecule has 0 saturated heterocycles. The van der Waals surface area contributed by atoms with Crippen molar-refractivity contribution >= 4 is 45.7 Å². The van der Waals surface area contributed by atoms with Crippen LogP contribution in [0.5, 0.6) is 0 Å². The summed E-state index contributed by atoms with van der Waals surface area (Å²) in [5, 5.41) is 0. The number of carbonyl (C=O) groups is 2. The van der Waals surface area contributed by atoms with E-state index in [1.165, 1.54) is 12.2 Å². The molecule has 31 heavy (non-hydrogen) atoms. The summed E-state index contributed by atoms with van der Waals surface area (Å²) in [5.74, 6) is -0.789. The first kappa shape index (κ1) is 30.2. The van der Waals surface area contributed by atoms with E-state index in [1.54, 1.807) is 0 Å². The third-order valence-corrected chi connectivity index (χ3v) is 19.6. The molecule has 0 spiro atoms. The van der Waals surface area contributed by atoms with Gasteiger partial charge in [0.15, 0.2) is 16.6 Å². The van der Waals surface area contributed by atoms with Crippen LogP contribution in [-0.4, -0.2) is 58.9 Å². The molecule has 0 rings (SSSR count). The number of esters is 2. The Morgan fingerprint density at radius 3 is 1.26 bits per heavy atom. The molecule has 0 heterocycles. The minimum Gasteiger partial charge on any atom is -0.463 e. The van der Waals surface area contributed by atoms with E-state index in [-0.39, 0.29) is 0 Å². The van der Waals surface area contributed by atoms with E-state index in [0.717, 1.165) is 24.9 Å². The standard InChI is InChI=1S/C20H42O7Si4/c1-11-19(21)23-15-13-17-28(3,4)25-30(7,8)27-31(9,10)26-29(5,6)18-14-16-24-20(22)12-2/h11-12H,1-2,13-18H2,3-10H3. The summed E-state index contributed by atoms with van der Waals surface area (Å²) in [7, 11) is -8.77. The second kappa shape index (κ2) is 13.0. The van der Waals surface area contributed by atoms with Gasteiger partial charge in [-0.25, -0.2) is 9.59 Å². The molecule has 0 atom stereocenters. The van der Waals surface area contributed by atoms with E-state index < -0.39 is 45.7 Å². The third kappa shape index (κ3) is 15.6. The maximum Gasteiger partial charge on any atom is 0.330 e. The Kier molecular flexibility index (Phi) is 12.7. The van der Waals surface area contributed by atoms with Crippen LogP contribution in [0, 0.1) is 0 Å². The van der Waals surface area contributed by atoms with E-state index >= 15 is 0 Å². The lowest BCUT2D eigenvalue weighted by atomic mass is 10.5.